The first-order valence-electron chi connectivity index (χ1n) is 6.68. The highest BCUT2D eigenvalue weighted by Crippen LogP contribution is 2.25. The van der Waals surface area contributed by atoms with E-state index in [1.54, 1.807) is 31.2 Å². The zero-order valence-electron chi connectivity index (χ0n) is 12.8. The number of hydrogen-bond donors (Lipinski definition) is 1. The van der Waals surface area contributed by atoms with Gasteiger partial charge in [0.25, 0.3) is 11.6 Å². The largest absolute Gasteiger partial charge is 0.383 e. The highest BCUT2D eigenvalue weighted by molar-refractivity contribution is 5.96. The van der Waals surface area contributed by atoms with Crippen molar-refractivity contribution < 1.29 is 14.5 Å². The minimum absolute atomic E-state index is 0.0179. The van der Waals surface area contributed by atoms with Gasteiger partial charge in [0.2, 0.25) is 0 Å². The molecule has 0 unspecified atom stereocenters. The van der Waals surface area contributed by atoms with Crippen LogP contribution >= 0.6 is 0 Å². The number of nitro benzene ring substituents is 1. The van der Waals surface area contributed by atoms with Gasteiger partial charge in [0, 0.05) is 38.4 Å². The molecule has 0 aromatic heterocycles. The van der Waals surface area contributed by atoms with Gasteiger partial charge in [0.15, 0.2) is 0 Å². The third kappa shape index (κ3) is 4.16. The molecule has 7 heteroatoms. The molecule has 0 saturated heterocycles. The molecule has 0 aliphatic rings. The van der Waals surface area contributed by atoms with Gasteiger partial charge in [-0.05, 0) is 26.0 Å². The van der Waals surface area contributed by atoms with Gasteiger partial charge in [-0.2, -0.15) is 0 Å². The molecule has 0 saturated carbocycles. The van der Waals surface area contributed by atoms with Crippen molar-refractivity contribution in [3.05, 3.63) is 33.9 Å². The maximum atomic E-state index is 12.5. The Morgan fingerprint density at radius 3 is 2.62 bits per heavy atom. The minimum Gasteiger partial charge on any atom is -0.383 e. The fourth-order valence-electron chi connectivity index (χ4n) is 1.98. The summed E-state index contributed by atoms with van der Waals surface area (Å²) in [5, 5.41) is 13.8. The summed E-state index contributed by atoms with van der Waals surface area (Å²) in [5.41, 5.74) is 0.564. The monoisotopic (exact) mass is 295 g/mol. The van der Waals surface area contributed by atoms with Crippen LogP contribution in [0.3, 0.4) is 0 Å². The number of benzene rings is 1. The first-order valence-corrected chi connectivity index (χ1v) is 6.68. The van der Waals surface area contributed by atoms with Crippen molar-refractivity contribution in [2.24, 2.45) is 0 Å². The van der Waals surface area contributed by atoms with Crippen LogP contribution in [0.1, 0.15) is 24.2 Å². The van der Waals surface area contributed by atoms with Gasteiger partial charge in [-0.15, -0.1) is 0 Å². The number of carbonyl (C=O) groups excluding carboxylic acids is 1. The normalized spacial score (nSPS) is 10.5. The van der Waals surface area contributed by atoms with Gasteiger partial charge < -0.3 is 15.0 Å². The van der Waals surface area contributed by atoms with E-state index >= 15 is 0 Å². The summed E-state index contributed by atoms with van der Waals surface area (Å²) in [5.74, 6) is -0.243. The van der Waals surface area contributed by atoms with Gasteiger partial charge in [0.1, 0.15) is 5.69 Å². The molecule has 0 aliphatic carbocycles. The summed E-state index contributed by atoms with van der Waals surface area (Å²) >= 11 is 0. The SMILES string of the molecule is CNc1ccc(C(=O)N(CCOC)C(C)C)cc1[N+](=O)[O-]. The third-order valence-corrected chi connectivity index (χ3v) is 3.13. The average Bonchev–Trinajstić information content (AvgIpc) is 2.46. The Bertz CT molecular complexity index is 517. The highest BCUT2D eigenvalue weighted by Gasteiger charge is 2.22. The van der Waals surface area contributed by atoms with Crippen molar-refractivity contribution in [3.8, 4) is 0 Å². The molecule has 0 aliphatic heterocycles. The molecule has 0 spiro atoms. The number of nitrogens with one attached hydrogen (secondary N) is 1. The fourth-order valence-corrected chi connectivity index (χ4v) is 1.98. The number of methoxy groups -OCH3 is 1. The van der Waals surface area contributed by atoms with E-state index < -0.39 is 4.92 Å². The zero-order chi connectivity index (χ0) is 16.0. The molecule has 0 heterocycles. The van der Waals surface area contributed by atoms with E-state index in [1.165, 1.54) is 6.07 Å². The molecule has 116 valence electrons. The smallest absolute Gasteiger partial charge is 0.293 e. The number of nitrogens with zero attached hydrogens (tertiary/aromatic N) is 2. The second-order valence-electron chi connectivity index (χ2n) is 4.82. The van der Waals surface area contributed by atoms with Crippen molar-refractivity contribution in [1.82, 2.24) is 4.90 Å². The van der Waals surface area contributed by atoms with Crippen LogP contribution in [0.5, 0.6) is 0 Å². The number of rotatable bonds is 7. The third-order valence-electron chi connectivity index (χ3n) is 3.13. The predicted octanol–water partition coefficient (Wildman–Crippen LogP) is 2.13. The number of amides is 1. The molecule has 0 radical (unpaired) electrons. The number of anilines is 1. The fraction of sp³-hybridized carbons (Fsp3) is 0.500. The summed E-state index contributed by atoms with van der Waals surface area (Å²) in [6.45, 7) is 4.64. The number of carbonyl (C=O) groups is 1. The second kappa shape index (κ2) is 7.58. The summed E-state index contributed by atoms with van der Waals surface area (Å²) in [4.78, 5) is 24.7. The van der Waals surface area contributed by atoms with Crippen LogP contribution in [-0.4, -0.2) is 49.1 Å². The Hall–Kier alpha value is -2.15. The van der Waals surface area contributed by atoms with E-state index in [4.69, 9.17) is 4.74 Å². The molecule has 1 N–H and O–H groups in total. The summed E-state index contributed by atoms with van der Waals surface area (Å²) in [6, 6.07) is 4.41. The molecule has 0 bridgehead atoms. The lowest BCUT2D eigenvalue weighted by Gasteiger charge is -2.26. The predicted molar refractivity (Wildman–Crippen MR) is 80.7 cm³/mol. The van der Waals surface area contributed by atoms with Crippen LogP contribution in [0.2, 0.25) is 0 Å². The van der Waals surface area contributed by atoms with Crippen LogP contribution in [-0.2, 0) is 4.74 Å². The molecule has 21 heavy (non-hydrogen) atoms. The van der Waals surface area contributed by atoms with Crippen molar-refractivity contribution in [2.45, 2.75) is 19.9 Å². The van der Waals surface area contributed by atoms with E-state index in [-0.39, 0.29) is 17.6 Å². The zero-order valence-corrected chi connectivity index (χ0v) is 12.8. The minimum atomic E-state index is -0.502. The summed E-state index contributed by atoms with van der Waals surface area (Å²) in [7, 11) is 3.17. The molecule has 0 atom stereocenters. The van der Waals surface area contributed by atoms with Gasteiger partial charge in [0.05, 0.1) is 11.5 Å². The van der Waals surface area contributed by atoms with Gasteiger partial charge in [-0.3, -0.25) is 14.9 Å². The molecule has 7 nitrogen and oxygen atoms in total. The Morgan fingerprint density at radius 2 is 2.14 bits per heavy atom. The van der Waals surface area contributed by atoms with Crippen molar-refractivity contribution >= 4 is 17.3 Å². The standard InChI is InChI=1S/C14H21N3O4/c1-10(2)16(7-8-21-4)14(18)11-5-6-12(15-3)13(9-11)17(19)20/h5-6,9-10,15H,7-8H2,1-4H3. The maximum absolute atomic E-state index is 12.5. The number of ether oxygens (including phenoxy) is 1. The molecule has 0 fully saturated rings. The lowest BCUT2D eigenvalue weighted by Crippen LogP contribution is -2.39. The van der Waals surface area contributed by atoms with E-state index in [1.807, 2.05) is 13.8 Å². The molecule has 1 aromatic rings. The van der Waals surface area contributed by atoms with Gasteiger partial charge in [-0.25, -0.2) is 0 Å². The molecule has 1 aromatic carbocycles. The lowest BCUT2D eigenvalue weighted by molar-refractivity contribution is -0.384. The van der Waals surface area contributed by atoms with Crippen molar-refractivity contribution in [1.29, 1.82) is 0 Å². The quantitative estimate of drug-likeness (QED) is 0.615. The first kappa shape index (κ1) is 16.9. The van der Waals surface area contributed by atoms with Crippen LogP contribution in [0.15, 0.2) is 18.2 Å². The Morgan fingerprint density at radius 1 is 1.48 bits per heavy atom. The van der Waals surface area contributed by atoms with Gasteiger partial charge in [-0.1, -0.05) is 0 Å². The Kier molecular flexibility index (Phi) is 6.10. The average molecular weight is 295 g/mol. The van der Waals surface area contributed by atoms with Crippen LogP contribution in [0, 0.1) is 10.1 Å². The topological polar surface area (TPSA) is 84.7 Å². The summed E-state index contributed by atoms with van der Waals surface area (Å²) < 4.78 is 4.99. The van der Waals surface area contributed by atoms with E-state index in [2.05, 4.69) is 5.32 Å². The maximum Gasteiger partial charge on any atom is 0.293 e. The Labute approximate surface area is 124 Å². The Balaban J connectivity index is 3.10. The van der Waals surface area contributed by atoms with Crippen LogP contribution in [0.4, 0.5) is 11.4 Å². The highest BCUT2D eigenvalue weighted by atomic mass is 16.6. The molecular weight excluding hydrogens is 274 g/mol. The van der Waals surface area contributed by atoms with E-state index in [0.29, 0.717) is 24.4 Å². The van der Waals surface area contributed by atoms with Crippen molar-refractivity contribution in [2.75, 3.05) is 32.6 Å². The molecule has 1 amide bonds. The van der Waals surface area contributed by atoms with Crippen LogP contribution < -0.4 is 5.32 Å². The molecular formula is C14H21N3O4. The van der Waals surface area contributed by atoms with Crippen molar-refractivity contribution in [3.63, 3.8) is 0 Å². The summed E-state index contributed by atoms with van der Waals surface area (Å²) in [6.07, 6.45) is 0. The van der Waals surface area contributed by atoms with E-state index in [9.17, 15) is 14.9 Å². The van der Waals surface area contributed by atoms with Gasteiger partial charge >= 0.3 is 0 Å². The number of nitro groups is 1. The lowest BCUT2D eigenvalue weighted by atomic mass is 10.1. The second-order valence-corrected chi connectivity index (χ2v) is 4.82. The van der Waals surface area contributed by atoms with E-state index in [0.717, 1.165) is 0 Å². The number of hydrogen-bond acceptors (Lipinski definition) is 5. The first-order chi connectivity index (χ1) is 9.92. The molecule has 1 rings (SSSR count). The van der Waals surface area contributed by atoms with Crippen LogP contribution in [0.25, 0.3) is 0 Å².